The molecule has 1 aliphatic carbocycles. The number of thiocarbonyl (C=S) groups is 1. The van der Waals surface area contributed by atoms with Gasteiger partial charge in [-0.25, -0.2) is 0 Å². The van der Waals surface area contributed by atoms with Crippen LogP contribution >= 0.6 is 35.4 Å². The van der Waals surface area contributed by atoms with E-state index in [0.29, 0.717) is 11.5 Å². The van der Waals surface area contributed by atoms with E-state index in [2.05, 4.69) is 5.32 Å². The third-order valence-corrected chi connectivity index (χ3v) is 4.90. The van der Waals surface area contributed by atoms with Gasteiger partial charge in [-0.3, -0.25) is 4.79 Å². The van der Waals surface area contributed by atoms with Crippen molar-refractivity contribution in [3.05, 3.63) is 30.3 Å². The number of nitrogens with one attached hydrogen (secondary N) is 1. The van der Waals surface area contributed by atoms with Gasteiger partial charge in [-0.1, -0.05) is 18.2 Å². The molecule has 1 atom stereocenters. The van der Waals surface area contributed by atoms with E-state index >= 15 is 0 Å². The summed E-state index contributed by atoms with van der Waals surface area (Å²) in [6, 6.07) is 9.54. The lowest BCUT2D eigenvalue weighted by molar-refractivity contribution is -0.124. The van der Waals surface area contributed by atoms with Crippen molar-refractivity contribution in [2.45, 2.75) is 17.7 Å². The SMILES string of the molecule is CN(C(=S)NC(=O)[C@]1(C)CC1(Cl)Cl)c1ccccc1. The summed E-state index contributed by atoms with van der Waals surface area (Å²) in [5, 5.41) is 3.01. The van der Waals surface area contributed by atoms with Crippen molar-refractivity contribution in [2.24, 2.45) is 5.41 Å². The molecule has 0 unspecified atom stereocenters. The van der Waals surface area contributed by atoms with Crippen molar-refractivity contribution in [2.75, 3.05) is 11.9 Å². The second kappa shape index (κ2) is 4.93. The second-order valence-corrected chi connectivity index (χ2v) is 6.74. The summed E-state index contributed by atoms with van der Waals surface area (Å²) >= 11 is 17.2. The largest absolute Gasteiger partial charge is 0.322 e. The number of alkyl halides is 2. The molecule has 1 amide bonds. The molecular weight excluding hydrogens is 303 g/mol. The number of hydrogen-bond donors (Lipinski definition) is 1. The molecule has 1 aliphatic rings. The molecule has 3 nitrogen and oxygen atoms in total. The van der Waals surface area contributed by atoms with Crippen LogP contribution in [0.3, 0.4) is 0 Å². The molecule has 0 bridgehead atoms. The smallest absolute Gasteiger partial charge is 0.235 e. The summed E-state index contributed by atoms with van der Waals surface area (Å²) in [5.74, 6) is -0.245. The predicted molar refractivity (Wildman–Crippen MR) is 82.7 cm³/mol. The third-order valence-electron chi connectivity index (χ3n) is 3.43. The summed E-state index contributed by atoms with van der Waals surface area (Å²) < 4.78 is -0.988. The Morgan fingerprint density at radius 1 is 1.37 bits per heavy atom. The van der Waals surface area contributed by atoms with Gasteiger partial charge in [-0.2, -0.15) is 0 Å². The lowest BCUT2D eigenvalue weighted by atomic mass is 10.1. The average Bonchev–Trinajstić information content (AvgIpc) is 2.90. The van der Waals surface area contributed by atoms with Crippen molar-refractivity contribution in [3.8, 4) is 0 Å². The second-order valence-electron chi connectivity index (χ2n) is 4.87. The summed E-state index contributed by atoms with van der Waals surface area (Å²) in [5.41, 5.74) is 0.134. The number of amides is 1. The molecule has 1 saturated carbocycles. The molecule has 1 fully saturated rings. The Labute approximate surface area is 127 Å². The Kier molecular flexibility index (Phi) is 3.78. The fourth-order valence-corrected chi connectivity index (χ4v) is 2.64. The number of anilines is 1. The monoisotopic (exact) mass is 316 g/mol. The van der Waals surface area contributed by atoms with Crippen LogP contribution in [0.1, 0.15) is 13.3 Å². The molecule has 0 aromatic heterocycles. The zero-order valence-corrected chi connectivity index (χ0v) is 12.9. The van der Waals surface area contributed by atoms with E-state index in [1.807, 2.05) is 30.3 Å². The molecule has 1 aromatic carbocycles. The predicted octanol–water partition coefficient (Wildman–Crippen LogP) is 3.11. The molecule has 2 rings (SSSR count). The molecule has 19 heavy (non-hydrogen) atoms. The van der Waals surface area contributed by atoms with E-state index in [0.717, 1.165) is 5.69 Å². The number of carbonyl (C=O) groups excluding carboxylic acids is 1. The molecule has 6 heteroatoms. The van der Waals surface area contributed by atoms with E-state index in [-0.39, 0.29) is 5.91 Å². The van der Waals surface area contributed by atoms with E-state index in [4.69, 9.17) is 35.4 Å². The number of hydrogen-bond acceptors (Lipinski definition) is 2. The minimum absolute atomic E-state index is 0.245. The molecule has 0 spiro atoms. The van der Waals surface area contributed by atoms with Crippen LogP contribution in [0.2, 0.25) is 0 Å². The van der Waals surface area contributed by atoms with Gasteiger partial charge in [0.25, 0.3) is 0 Å². The van der Waals surface area contributed by atoms with Crippen LogP contribution in [0, 0.1) is 5.41 Å². The highest BCUT2D eigenvalue weighted by Gasteiger charge is 2.68. The highest BCUT2D eigenvalue weighted by Crippen LogP contribution is 2.63. The number of rotatable bonds is 2. The van der Waals surface area contributed by atoms with Crippen LogP contribution in [0.25, 0.3) is 0 Å². The highest BCUT2D eigenvalue weighted by atomic mass is 35.5. The fraction of sp³-hybridized carbons (Fsp3) is 0.385. The Bertz CT molecular complexity index is 521. The molecule has 1 N–H and O–H groups in total. The first kappa shape index (κ1) is 14.6. The topological polar surface area (TPSA) is 32.3 Å². The highest BCUT2D eigenvalue weighted by molar-refractivity contribution is 7.80. The lowest BCUT2D eigenvalue weighted by Gasteiger charge is -2.22. The lowest BCUT2D eigenvalue weighted by Crippen LogP contribution is -2.44. The van der Waals surface area contributed by atoms with E-state index in [9.17, 15) is 4.79 Å². The molecule has 0 radical (unpaired) electrons. The third kappa shape index (κ3) is 2.71. The van der Waals surface area contributed by atoms with Crippen LogP contribution < -0.4 is 10.2 Å². The molecule has 102 valence electrons. The van der Waals surface area contributed by atoms with Crippen LogP contribution in [-0.2, 0) is 4.79 Å². The van der Waals surface area contributed by atoms with Crippen LogP contribution in [0.15, 0.2) is 30.3 Å². The summed E-state index contributed by atoms with van der Waals surface area (Å²) in [6.07, 6.45) is 0.437. The van der Waals surface area contributed by atoms with Gasteiger partial charge in [-0.15, -0.1) is 23.2 Å². The Hall–Kier alpha value is -0.840. The number of benzene rings is 1. The Morgan fingerprint density at radius 2 is 1.89 bits per heavy atom. The fourth-order valence-electron chi connectivity index (χ4n) is 1.73. The molecule has 0 heterocycles. The van der Waals surface area contributed by atoms with Crippen molar-refractivity contribution >= 4 is 52.1 Å². The molecule has 0 aliphatic heterocycles. The van der Waals surface area contributed by atoms with Crippen molar-refractivity contribution < 1.29 is 4.79 Å². The van der Waals surface area contributed by atoms with Crippen LogP contribution in [0.5, 0.6) is 0 Å². The van der Waals surface area contributed by atoms with Gasteiger partial charge >= 0.3 is 0 Å². The minimum Gasteiger partial charge on any atom is -0.322 e. The first-order valence-electron chi connectivity index (χ1n) is 5.80. The van der Waals surface area contributed by atoms with Gasteiger partial charge in [0.2, 0.25) is 5.91 Å². The van der Waals surface area contributed by atoms with Crippen LogP contribution in [-0.4, -0.2) is 22.4 Å². The van der Waals surface area contributed by atoms with E-state index in [1.54, 1.807) is 18.9 Å². The number of halogens is 2. The van der Waals surface area contributed by atoms with Gasteiger partial charge in [0.1, 0.15) is 4.33 Å². The number of nitrogens with zero attached hydrogens (tertiary/aromatic N) is 1. The van der Waals surface area contributed by atoms with Gasteiger partial charge in [0, 0.05) is 12.7 Å². The zero-order chi connectivity index (χ0) is 14.3. The summed E-state index contributed by atoms with van der Waals surface area (Å²) in [7, 11) is 1.79. The first-order valence-corrected chi connectivity index (χ1v) is 6.96. The van der Waals surface area contributed by atoms with Gasteiger partial charge < -0.3 is 10.2 Å². The number of para-hydroxylation sites is 1. The summed E-state index contributed by atoms with van der Waals surface area (Å²) in [6.45, 7) is 1.73. The average molecular weight is 317 g/mol. The minimum atomic E-state index is -0.988. The standard InChI is InChI=1S/C13H14Cl2N2OS/c1-12(8-13(12,14)15)10(18)16-11(19)17(2)9-6-4-3-5-7-9/h3-7H,8H2,1-2H3,(H,16,18,19)/t12-/m0/s1. The Balaban J connectivity index is 2.01. The van der Waals surface area contributed by atoms with Crippen molar-refractivity contribution in [1.29, 1.82) is 0 Å². The molecule has 0 saturated heterocycles. The van der Waals surface area contributed by atoms with E-state index < -0.39 is 9.75 Å². The van der Waals surface area contributed by atoms with Crippen LogP contribution in [0.4, 0.5) is 5.69 Å². The van der Waals surface area contributed by atoms with Gasteiger partial charge in [0.15, 0.2) is 5.11 Å². The maximum atomic E-state index is 12.1. The van der Waals surface area contributed by atoms with Crippen molar-refractivity contribution in [1.82, 2.24) is 5.32 Å². The van der Waals surface area contributed by atoms with Crippen molar-refractivity contribution in [3.63, 3.8) is 0 Å². The normalized spacial score (nSPS) is 23.6. The summed E-state index contributed by atoms with van der Waals surface area (Å²) in [4.78, 5) is 13.8. The van der Waals surface area contributed by atoms with E-state index in [1.165, 1.54) is 0 Å². The maximum Gasteiger partial charge on any atom is 0.235 e. The maximum absolute atomic E-state index is 12.1. The zero-order valence-electron chi connectivity index (χ0n) is 10.6. The Morgan fingerprint density at radius 3 is 2.37 bits per heavy atom. The first-order chi connectivity index (χ1) is 8.78. The number of carbonyl (C=O) groups is 1. The molecule has 1 aromatic rings. The van der Waals surface area contributed by atoms with Gasteiger partial charge in [-0.05, 0) is 37.7 Å². The quantitative estimate of drug-likeness (QED) is 0.672. The molecular formula is C13H14Cl2N2OS. The van der Waals surface area contributed by atoms with Gasteiger partial charge in [0.05, 0.1) is 5.41 Å².